The molecule has 110 valence electrons. The van der Waals surface area contributed by atoms with Crippen LogP contribution in [-0.4, -0.2) is 47.1 Å². The highest BCUT2D eigenvalue weighted by molar-refractivity contribution is 5.95. The molecule has 0 fully saturated rings. The van der Waals surface area contributed by atoms with Gasteiger partial charge in [0, 0.05) is 19.3 Å². The third-order valence-electron chi connectivity index (χ3n) is 2.58. The van der Waals surface area contributed by atoms with Crippen LogP contribution in [-0.2, 0) is 16.6 Å². The molecule has 0 atom stereocenters. The van der Waals surface area contributed by atoms with Crippen molar-refractivity contribution in [3.63, 3.8) is 0 Å². The summed E-state index contributed by atoms with van der Waals surface area (Å²) in [6.45, 7) is 3.81. The van der Waals surface area contributed by atoms with E-state index in [4.69, 9.17) is 0 Å². The molecule has 1 rings (SSSR count). The van der Waals surface area contributed by atoms with Crippen LogP contribution in [0.3, 0.4) is 0 Å². The van der Waals surface area contributed by atoms with Gasteiger partial charge >= 0.3 is 0 Å². The molecular weight excluding hydrogens is 262 g/mol. The Morgan fingerprint density at radius 3 is 2.30 bits per heavy atom. The zero-order valence-electron chi connectivity index (χ0n) is 11.8. The Kier molecular flexibility index (Phi) is 5.70. The van der Waals surface area contributed by atoms with Gasteiger partial charge in [0.05, 0.1) is 13.1 Å². The number of aromatic nitrogens is 2. The summed E-state index contributed by atoms with van der Waals surface area (Å²) >= 11 is 0. The lowest BCUT2D eigenvalue weighted by Gasteiger charge is -2.06. The Balaban J connectivity index is 2.34. The summed E-state index contributed by atoms with van der Waals surface area (Å²) in [6, 6.07) is 1.63. The predicted octanol–water partition coefficient (Wildman–Crippen LogP) is -1.29. The Hall–Kier alpha value is -2.38. The summed E-state index contributed by atoms with van der Waals surface area (Å²) in [6.07, 6.45) is 0. The highest BCUT2D eigenvalue weighted by atomic mass is 16.2. The quantitative estimate of drug-likeness (QED) is 0.603. The smallest absolute Gasteiger partial charge is 0.272 e. The molecule has 3 amide bonds. The van der Waals surface area contributed by atoms with Gasteiger partial charge in [-0.1, -0.05) is 0 Å². The molecule has 0 saturated carbocycles. The van der Waals surface area contributed by atoms with Crippen LogP contribution in [0.5, 0.6) is 0 Å². The van der Waals surface area contributed by atoms with E-state index in [2.05, 4.69) is 21.0 Å². The monoisotopic (exact) mass is 281 g/mol. The topological polar surface area (TPSA) is 105 Å². The molecule has 0 unspecified atom stereocenters. The number of likely N-dealkylation sites (N-methyl/N-ethyl adjacent to an activating group) is 1. The number of carbonyl (C=O) groups is 3. The zero-order valence-corrected chi connectivity index (χ0v) is 11.8. The third-order valence-corrected chi connectivity index (χ3v) is 2.58. The Bertz CT molecular complexity index is 490. The molecule has 3 N–H and O–H groups in total. The van der Waals surface area contributed by atoms with Crippen molar-refractivity contribution < 1.29 is 14.4 Å². The Morgan fingerprint density at radius 2 is 1.75 bits per heavy atom. The summed E-state index contributed by atoms with van der Waals surface area (Å²) in [4.78, 5) is 34.3. The van der Waals surface area contributed by atoms with Crippen LogP contribution < -0.4 is 16.0 Å². The molecular formula is C12H19N5O3. The molecule has 0 saturated heterocycles. The van der Waals surface area contributed by atoms with Crippen LogP contribution in [0.4, 0.5) is 0 Å². The SMILES string of the molecule is CCNC(=O)CNC(=O)CNC(=O)c1cc(C)n(C)n1. The average Bonchev–Trinajstić information content (AvgIpc) is 2.74. The number of nitrogens with one attached hydrogen (secondary N) is 3. The maximum Gasteiger partial charge on any atom is 0.272 e. The largest absolute Gasteiger partial charge is 0.355 e. The number of amides is 3. The van der Waals surface area contributed by atoms with Crippen LogP contribution in [0.2, 0.25) is 0 Å². The van der Waals surface area contributed by atoms with Gasteiger partial charge in [0.2, 0.25) is 11.8 Å². The van der Waals surface area contributed by atoms with Crippen molar-refractivity contribution in [1.29, 1.82) is 0 Å². The van der Waals surface area contributed by atoms with E-state index in [0.29, 0.717) is 6.54 Å². The van der Waals surface area contributed by atoms with Gasteiger partial charge in [-0.05, 0) is 19.9 Å². The maximum absolute atomic E-state index is 11.7. The molecule has 8 heteroatoms. The Morgan fingerprint density at radius 1 is 1.15 bits per heavy atom. The summed E-state index contributed by atoms with van der Waals surface area (Å²) in [5, 5.41) is 11.4. The van der Waals surface area contributed by atoms with Gasteiger partial charge in [-0.2, -0.15) is 5.10 Å². The molecule has 1 aromatic heterocycles. The minimum absolute atomic E-state index is 0.106. The number of hydrogen-bond acceptors (Lipinski definition) is 4. The van der Waals surface area contributed by atoms with E-state index in [1.54, 1.807) is 24.7 Å². The molecule has 0 aromatic carbocycles. The van der Waals surface area contributed by atoms with Crippen molar-refractivity contribution in [2.75, 3.05) is 19.6 Å². The third kappa shape index (κ3) is 4.71. The van der Waals surface area contributed by atoms with E-state index < -0.39 is 11.8 Å². The number of rotatable bonds is 6. The average molecular weight is 281 g/mol. The van der Waals surface area contributed by atoms with E-state index in [9.17, 15) is 14.4 Å². The summed E-state index contributed by atoms with van der Waals surface area (Å²) in [5.41, 5.74) is 1.09. The molecule has 0 aliphatic heterocycles. The molecule has 0 aliphatic carbocycles. The Labute approximate surface area is 116 Å². The normalized spacial score (nSPS) is 9.95. The fourth-order valence-electron chi connectivity index (χ4n) is 1.42. The lowest BCUT2D eigenvalue weighted by molar-refractivity contribution is -0.125. The lowest BCUT2D eigenvalue weighted by Crippen LogP contribution is -2.42. The number of aryl methyl sites for hydroxylation is 2. The fraction of sp³-hybridized carbons (Fsp3) is 0.500. The predicted molar refractivity (Wildman–Crippen MR) is 72.0 cm³/mol. The molecule has 0 aliphatic rings. The second kappa shape index (κ2) is 7.27. The summed E-state index contributed by atoms with van der Waals surface area (Å²) in [7, 11) is 1.73. The highest BCUT2D eigenvalue weighted by Gasteiger charge is 2.12. The lowest BCUT2D eigenvalue weighted by atomic mass is 10.3. The maximum atomic E-state index is 11.7. The molecule has 0 spiro atoms. The summed E-state index contributed by atoms with van der Waals surface area (Å²) in [5.74, 6) is -1.13. The van der Waals surface area contributed by atoms with E-state index >= 15 is 0 Å². The molecule has 0 bridgehead atoms. The van der Waals surface area contributed by atoms with Crippen LogP contribution in [0.1, 0.15) is 23.1 Å². The van der Waals surface area contributed by atoms with E-state index in [0.717, 1.165) is 5.69 Å². The zero-order chi connectivity index (χ0) is 15.1. The minimum Gasteiger partial charge on any atom is -0.355 e. The first-order chi connectivity index (χ1) is 9.43. The van der Waals surface area contributed by atoms with E-state index in [1.807, 2.05) is 6.92 Å². The number of hydrogen-bond donors (Lipinski definition) is 3. The van der Waals surface area contributed by atoms with Crippen LogP contribution in [0.15, 0.2) is 6.07 Å². The van der Waals surface area contributed by atoms with E-state index in [-0.39, 0.29) is 24.7 Å². The number of nitrogens with zero attached hydrogens (tertiary/aromatic N) is 2. The van der Waals surface area contributed by atoms with Gasteiger partial charge in [-0.15, -0.1) is 0 Å². The van der Waals surface area contributed by atoms with Gasteiger partial charge in [0.25, 0.3) is 5.91 Å². The number of carbonyl (C=O) groups excluding carboxylic acids is 3. The van der Waals surface area contributed by atoms with Crippen molar-refractivity contribution in [3.05, 3.63) is 17.5 Å². The fourth-order valence-corrected chi connectivity index (χ4v) is 1.42. The van der Waals surface area contributed by atoms with Crippen LogP contribution in [0.25, 0.3) is 0 Å². The molecule has 8 nitrogen and oxygen atoms in total. The van der Waals surface area contributed by atoms with Gasteiger partial charge in [0.1, 0.15) is 5.69 Å². The molecule has 0 radical (unpaired) electrons. The van der Waals surface area contributed by atoms with E-state index in [1.165, 1.54) is 0 Å². The minimum atomic E-state index is -0.433. The standard InChI is InChI=1S/C12H19N5O3/c1-4-13-10(18)6-14-11(19)7-15-12(20)9-5-8(2)17(3)16-9/h5H,4,6-7H2,1-3H3,(H,13,18)(H,14,19)(H,15,20). The van der Waals surface area contributed by atoms with Gasteiger partial charge in [0.15, 0.2) is 0 Å². The van der Waals surface area contributed by atoms with Crippen molar-refractivity contribution in [3.8, 4) is 0 Å². The van der Waals surface area contributed by atoms with Gasteiger partial charge in [-0.3, -0.25) is 19.1 Å². The molecule has 1 aromatic rings. The highest BCUT2D eigenvalue weighted by Crippen LogP contribution is 2.00. The van der Waals surface area contributed by atoms with Gasteiger partial charge in [-0.25, -0.2) is 0 Å². The van der Waals surface area contributed by atoms with Crippen molar-refractivity contribution in [2.24, 2.45) is 7.05 Å². The first-order valence-corrected chi connectivity index (χ1v) is 6.26. The van der Waals surface area contributed by atoms with Crippen molar-refractivity contribution in [2.45, 2.75) is 13.8 Å². The summed E-state index contributed by atoms with van der Waals surface area (Å²) < 4.78 is 1.57. The van der Waals surface area contributed by atoms with Crippen LogP contribution in [0, 0.1) is 6.92 Å². The second-order valence-electron chi connectivity index (χ2n) is 4.21. The van der Waals surface area contributed by atoms with Crippen LogP contribution >= 0.6 is 0 Å². The second-order valence-corrected chi connectivity index (χ2v) is 4.21. The first kappa shape index (κ1) is 15.7. The van der Waals surface area contributed by atoms with Crippen molar-refractivity contribution in [1.82, 2.24) is 25.7 Å². The first-order valence-electron chi connectivity index (χ1n) is 6.26. The van der Waals surface area contributed by atoms with Gasteiger partial charge < -0.3 is 16.0 Å². The van der Waals surface area contributed by atoms with Crippen molar-refractivity contribution >= 4 is 17.7 Å². The molecule has 1 heterocycles. The molecule has 20 heavy (non-hydrogen) atoms.